The first-order valence-corrected chi connectivity index (χ1v) is 8.29. The summed E-state index contributed by atoms with van der Waals surface area (Å²) in [6.45, 7) is 4.83. The Hall–Kier alpha value is -1.53. The van der Waals surface area contributed by atoms with Crippen molar-refractivity contribution >= 4 is 29.3 Å². The second kappa shape index (κ2) is 5.59. The van der Waals surface area contributed by atoms with Crippen LogP contribution in [0.5, 0.6) is 0 Å². The Kier molecular flexibility index (Phi) is 3.91. The van der Waals surface area contributed by atoms with Crippen molar-refractivity contribution in [1.82, 2.24) is 9.80 Å². The van der Waals surface area contributed by atoms with E-state index in [1.165, 1.54) is 11.8 Å². The summed E-state index contributed by atoms with van der Waals surface area (Å²) in [5, 5.41) is 0. The van der Waals surface area contributed by atoms with Crippen LogP contribution in [0.15, 0.2) is 29.2 Å². The Balaban J connectivity index is 1.89. The van der Waals surface area contributed by atoms with Gasteiger partial charge in [-0.05, 0) is 26.1 Å². The number of hydrogen-bond acceptors (Lipinski definition) is 4. The number of benzene rings is 1. The summed E-state index contributed by atoms with van der Waals surface area (Å²) in [6, 6.07) is 7.74. The van der Waals surface area contributed by atoms with Gasteiger partial charge in [0.15, 0.2) is 4.75 Å². The molecule has 0 saturated carbocycles. The Morgan fingerprint density at radius 3 is 2.45 bits per heavy atom. The normalized spacial score (nSPS) is 26.0. The zero-order valence-electron chi connectivity index (χ0n) is 13.2. The van der Waals surface area contributed by atoms with Gasteiger partial charge in [0.1, 0.15) is 0 Å². The highest BCUT2D eigenvalue weighted by molar-refractivity contribution is 8.02. The summed E-state index contributed by atoms with van der Waals surface area (Å²) in [5.74, 6) is -0.211. The molecule has 0 aliphatic carbocycles. The predicted octanol–water partition coefficient (Wildman–Crippen LogP) is 1.29. The summed E-state index contributed by atoms with van der Waals surface area (Å²) in [7, 11) is 3.80. The Morgan fingerprint density at radius 2 is 1.77 bits per heavy atom. The lowest BCUT2D eigenvalue weighted by Crippen LogP contribution is -2.59. The summed E-state index contributed by atoms with van der Waals surface area (Å²) in [6.07, 6.45) is 0. The average Bonchev–Trinajstić information content (AvgIpc) is 2.53. The molecule has 6 heteroatoms. The number of amides is 2. The molecule has 1 unspecified atom stereocenters. The zero-order valence-corrected chi connectivity index (χ0v) is 14.0. The molecule has 0 spiro atoms. The number of nitrogens with zero attached hydrogens (tertiary/aromatic N) is 3. The number of carbonyl (C=O) groups is 2. The molecule has 1 aromatic rings. The topological polar surface area (TPSA) is 43.9 Å². The molecule has 0 radical (unpaired) electrons. The highest BCUT2D eigenvalue weighted by Gasteiger charge is 2.50. The van der Waals surface area contributed by atoms with Gasteiger partial charge < -0.3 is 14.7 Å². The molecular weight excluding hydrogens is 298 g/mol. The van der Waals surface area contributed by atoms with Gasteiger partial charge in [-0.15, -0.1) is 0 Å². The molecule has 0 bridgehead atoms. The molecule has 2 heterocycles. The fourth-order valence-electron chi connectivity index (χ4n) is 2.96. The molecule has 1 atom stereocenters. The Morgan fingerprint density at radius 1 is 1.14 bits per heavy atom. The van der Waals surface area contributed by atoms with E-state index in [-0.39, 0.29) is 11.8 Å². The molecule has 0 aromatic heterocycles. The highest BCUT2D eigenvalue weighted by atomic mass is 32.2. The summed E-state index contributed by atoms with van der Waals surface area (Å²) in [5.41, 5.74) is 0.876. The van der Waals surface area contributed by atoms with Crippen LogP contribution in [0.25, 0.3) is 0 Å². The van der Waals surface area contributed by atoms with Crippen LogP contribution in [0.1, 0.15) is 6.92 Å². The fraction of sp³-hybridized carbons (Fsp3) is 0.500. The smallest absolute Gasteiger partial charge is 0.252 e. The molecule has 3 rings (SSSR count). The Bertz CT molecular complexity index is 613. The van der Waals surface area contributed by atoms with Crippen LogP contribution in [0.2, 0.25) is 0 Å². The van der Waals surface area contributed by atoms with Gasteiger partial charge in [-0.1, -0.05) is 23.9 Å². The van der Waals surface area contributed by atoms with Crippen molar-refractivity contribution in [3.63, 3.8) is 0 Å². The van der Waals surface area contributed by atoms with Crippen LogP contribution in [-0.4, -0.2) is 66.6 Å². The van der Waals surface area contributed by atoms with Crippen molar-refractivity contribution in [3.8, 4) is 0 Å². The molecule has 1 fully saturated rings. The lowest BCUT2D eigenvalue weighted by molar-refractivity contribution is -0.139. The predicted molar refractivity (Wildman–Crippen MR) is 88.2 cm³/mol. The molecule has 1 saturated heterocycles. The number of thioether (sulfide) groups is 1. The molecule has 5 nitrogen and oxygen atoms in total. The van der Waals surface area contributed by atoms with Crippen LogP contribution >= 0.6 is 11.8 Å². The fourth-order valence-corrected chi connectivity index (χ4v) is 4.30. The summed E-state index contributed by atoms with van der Waals surface area (Å²) < 4.78 is -1.07. The first-order chi connectivity index (χ1) is 10.4. The standard InChI is InChI=1S/C16H21N3O2S/c1-16(15(21)19-10-8-17(2)9-11-19)14(20)18(3)12-6-4-5-7-13(12)22-16/h4-7H,8-11H2,1-3H3. The largest absolute Gasteiger partial charge is 0.338 e. The minimum Gasteiger partial charge on any atom is -0.338 e. The van der Waals surface area contributed by atoms with E-state index in [1.54, 1.807) is 18.9 Å². The number of piperazine rings is 1. The third kappa shape index (κ3) is 2.40. The maximum Gasteiger partial charge on any atom is 0.252 e. The van der Waals surface area contributed by atoms with E-state index < -0.39 is 4.75 Å². The van der Waals surface area contributed by atoms with Crippen molar-refractivity contribution in [2.24, 2.45) is 0 Å². The molecule has 1 aromatic carbocycles. The van der Waals surface area contributed by atoms with Crippen LogP contribution in [0.3, 0.4) is 0 Å². The van der Waals surface area contributed by atoms with Crippen molar-refractivity contribution < 1.29 is 9.59 Å². The van der Waals surface area contributed by atoms with E-state index in [1.807, 2.05) is 36.2 Å². The van der Waals surface area contributed by atoms with Crippen LogP contribution in [-0.2, 0) is 9.59 Å². The molecule has 118 valence electrons. The van der Waals surface area contributed by atoms with Gasteiger partial charge in [0.2, 0.25) is 5.91 Å². The molecular formula is C16H21N3O2S. The van der Waals surface area contributed by atoms with Crippen LogP contribution in [0.4, 0.5) is 5.69 Å². The minimum atomic E-state index is -1.07. The number of fused-ring (bicyclic) bond motifs is 1. The second-order valence-electron chi connectivity index (χ2n) is 6.06. The van der Waals surface area contributed by atoms with Gasteiger partial charge in [0.05, 0.1) is 5.69 Å². The van der Waals surface area contributed by atoms with Gasteiger partial charge >= 0.3 is 0 Å². The van der Waals surface area contributed by atoms with Crippen molar-refractivity contribution in [1.29, 1.82) is 0 Å². The first-order valence-electron chi connectivity index (χ1n) is 7.47. The van der Waals surface area contributed by atoms with Gasteiger partial charge in [0, 0.05) is 38.1 Å². The number of hydrogen-bond donors (Lipinski definition) is 0. The molecule has 22 heavy (non-hydrogen) atoms. The maximum atomic E-state index is 13.0. The zero-order chi connectivity index (χ0) is 15.9. The van der Waals surface area contributed by atoms with E-state index in [0.717, 1.165) is 23.7 Å². The quantitative estimate of drug-likeness (QED) is 0.732. The van der Waals surface area contributed by atoms with Crippen molar-refractivity contribution in [3.05, 3.63) is 24.3 Å². The monoisotopic (exact) mass is 319 g/mol. The van der Waals surface area contributed by atoms with E-state index in [4.69, 9.17) is 0 Å². The number of rotatable bonds is 1. The van der Waals surface area contributed by atoms with E-state index in [0.29, 0.717) is 13.1 Å². The molecule has 2 amide bonds. The van der Waals surface area contributed by atoms with Crippen LogP contribution < -0.4 is 4.90 Å². The SMILES string of the molecule is CN1CCN(C(=O)C2(C)Sc3ccccc3N(C)C2=O)CC1. The van der Waals surface area contributed by atoms with E-state index in [9.17, 15) is 9.59 Å². The lowest BCUT2D eigenvalue weighted by Gasteiger charge is -2.41. The van der Waals surface area contributed by atoms with Crippen LogP contribution in [0, 0.1) is 0 Å². The number of para-hydroxylation sites is 1. The third-order valence-corrected chi connectivity index (χ3v) is 5.77. The van der Waals surface area contributed by atoms with E-state index >= 15 is 0 Å². The molecule has 0 N–H and O–H groups in total. The van der Waals surface area contributed by atoms with Crippen molar-refractivity contribution in [2.75, 3.05) is 45.2 Å². The van der Waals surface area contributed by atoms with E-state index in [2.05, 4.69) is 4.90 Å². The second-order valence-corrected chi connectivity index (χ2v) is 7.52. The van der Waals surface area contributed by atoms with Gasteiger partial charge in [0.25, 0.3) is 5.91 Å². The average molecular weight is 319 g/mol. The van der Waals surface area contributed by atoms with Gasteiger partial charge in [-0.2, -0.15) is 0 Å². The minimum absolute atomic E-state index is 0.0723. The maximum absolute atomic E-state index is 13.0. The first kappa shape index (κ1) is 15.4. The van der Waals surface area contributed by atoms with Crippen molar-refractivity contribution in [2.45, 2.75) is 16.6 Å². The van der Waals surface area contributed by atoms with Gasteiger partial charge in [-0.25, -0.2) is 0 Å². The van der Waals surface area contributed by atoms with Gasteiger partial charge in [-0.3, -0.25) is 9.59 Å². The number of carbonyl (C=O) groups excluding carboxylic acids is 2. The number of anilines is 1. The third-order valence-electron chi connectivity index (χ3n) is 4.45. The Labute approximate surface area is 135 Å². The number of likely N-dealkylation sites (N-methyl/N-ethyl adjacent to an activating group) is 1. The highest BCUT2D eigenvalue weighted by Crippen LogP contribution is 2.45. The summed E-state index contributed by atoms with van der Waals surface area (Å²) in [4.78, 5) is 32.4. The summed E-state index contributed by atoms with van der Waals surface area (Å²) >= 11 is 1.38. The molecule has 2 aliphatic rings. The lowest BCUT2D eigenvalue weighted by atomic mass is 10.1. The molecule has 2 aliphatic heterocycles.